The highest BCUT2D eigenvalue weighted by molar-refractivity contribution is 6.41. The third kappa shape index (κ3) is 2.70. The fraction of sp³-hybridized carbons (Fsp3) is 0.429. The Balaban J connectivity index is 2.15. The van der Waals surface area contributed by atoms with Crippen LogP contribution >= 0.6 is 0 Å². The summed E-state index contributed by atoms with van der Waals surface area (Å²) in [6, 6.07) is 6.80. The molecular formula is C14H16O4. The highest BCUT2D eigenvalue weighted by Crippen LogP contribution is 2.27. The number of hydrogen-bond acceptors (Lipinski definition) is 4. The van der Waals surface area contributed by atoms with Crippen LogP contribution in [0.1, 0.15) is 36.5 Å². The Labute approximate surface area is 106 Å². The second-order valence-corrected chi connectivity index (χ2v) is 4.22. The van der Waals surface area contributed by atoms with Crippen molar-refractivity contribution in [2.75, 3.05) is 6.61 Å². The highest BCUT2D eigenvalue weighted by atomic mass is 16.5. The lowest BCUT2D eigenvalue weighted by atomic mass is 9.96. The molecule has 0 spiro atoms. The van der Waals surface area contributed by atoms with E-state index in [2.05, 4.69) is 0 Å². The molecule has 0 atom stereocenters. The van der Waals surface area contributed by atoms with Crippen molar-refractivity contribution in [1.29, 1.82) is 0 Å². The second-order valence-electron chi connectivity index (χ2n) is 4.22. The van der Waals surface area contributed by atoms with Crippen LogP contribution in [-0.4, -0.2) is 24.5 Å². The van der Waals surface area contributed by atoms with Crippen molar-refractivity contribution in [1.82, 2.24) is 0 Å². The van der Waals surface area contributed by atoms with Gasteiger partial charge in [-0.2, -0.15) is 0 Å². The maximum Gasteiger partial charge on any atom is 0.379 e. The molecule has 2 rings (SSSR count). The van der Waals surface area contributed by atoms with E-state index < -0.39 is 11.8 Å². The number of hydrogen-bond donors (Lipinski definition) is 0. The van der Waals surface area contributed by atoms with Crippen LogP contribution in [-0.2, 0) is 9.53 Å². The van der Waals surface area contributed by atoms with Gasteiger partial charge in [-0.3, -0.25) is 4.79 Å². The number of Topliss-reactive ketones (excluding diaryl/α,β-unsaturated/α-hetero) is 1. The number of benzene rings is 1. The lowest BCUT2D eigenvalue weighted by Crippen LogP contribution is -2.26. The van der Waals surface area contributed by atoms with Gasteiger partial charge in [0.05, 0.1) is 18.3 Å². The summed E-state index contributed by atoms with van der Waals surface area (Å²) in [6.45, 7) is 1.86. The maximum atomic E-state index is 11.9. The molecular weight excluding hydrogens is 232 g/mol. The van der Waals surface area contributed by atoms with E-state index in [0.29, 0.717) is 5.75 Å². The van der Waals surface area contributed by atoms with Crippen LogP contribution in [0.2, 0.25) is 0 Å². The molecule has 96 valence electrons. The number of carbonyl (C=O) groups is 2. The number of esters is 1. The molecule has 0 aliphatic heterocycles. The molecule has 4 nitrogen and oxygen atoms in total. The standard InChI is InChI=1S/C14H16O4/c1-2-17-14(16)13(15)11-8-3-4-9-12(11)18-10-6-5-7-10/h3-4,8-10H,2,5-7H2,1H3. The monoisotopic (exact) mass is 248 g/mol. The van der Waals surface area contributed by atoms with Crippen molar-refractivity contribution in [2.45, 2.75) is 32.3 Å². The van der Waals surface area contributed by atoms with E-state index in [-0.39, 0.29) is 18.3 Å². The van der Waals surface area contributed by atoms with Gasteiger partial charge in [-0.25, -0.2) is 4.79 Å². The van der Waals surface area contributed by atoms with E-state index in [1.807, 2.05) is 0 Å². The summed E-state index contributed by atoms with van der Waals surface area (Å²) < 4.78 is 10.4. The van der Waals surface area contributed by atoms with Crippen molar-refractivity contribution in [3.63, 3.8) is 0 Å². The summed E-state index contributed by atoms with van der Waals surface area (Å²) >= 11 is 0. The van der Waals surface area contributed by atoms with Gasteiger partial charge in [0.25, 0.3) is 5.78 Å². The first-order chi connectivity index (χ1) is 8.72. The average Bonchev–Trinajstić information content (AvgIpc) is 2.34. The lowest BCUT2D eigenvalue weighted by Gasteiger charge is -2.27. The van der Waals surface area contributed by atoms with Crippen LogP contribution in [0.15, 0.2) is 24.3 Å². The first-order valence-corrected chi connectivity index (χ1v) is 6.19. The van der Waals surface area contributed by atoms with Crippen molar-refractivity contribution in [2.24, 2.45) is 0 Å². The summed E-state index contributed by atoms with van der Waals surface area (Å²) in [5.74, 6) is -1.01. The Kier molecular flexibility index (Phi) is 3.97. The van der Waals surface area contributed by atoms with Gasteiger partial charge in [-0.05, 0) is 38.3 Å². The largest absolute Gasteiger partial charge is 0.490 e. The van der Waals surface area contributed by atoms with Gasteiger partial charge in [0.15, 0.2) is 0 Å². The third-order valence-corrected chi connectivity index (χ3v) is 2.94. The van der Waals surface area contributed by atoms with Gasteiger partial charge in [-0.15, -0.1) is 0 Å². The molecule has 4 heteroatoms. The Morgan fingerprint density at radius 3 is 2.61 bits per heavy atom. The minimum atomic E-state index is -0.831. The molecule has 1 aromatic carbocycles. The van der Waals surface area contributed by atoms with Crippen LogP contribution in [0.5, 0.6) is 5.75 Å². The van der Waals surface area contributed by atoms with Gasteiger partial charge in [0.2, 0.25) is 0 Å². The fourth-order valence-electron chi connectivity index (χ4n) is 1.73. The Morgan fingerprint density at radius 2 is 2.00 bits per heavy atom. The molecule has 1 aliphatic carbocycles. The summed E-state index contributed by atoms with van der Waals surface area (Å²) in [4.78, 5) is 23.3. The smallest absolute Gasteiger partial charge is 0.379 e. The number of carbonyl (C=O) groups excluding carboxylic acids is 2. The quantitative estimate of drug-likeness (QED) is 0.456. The Morgan fingerprint density at radius 1 is 1.28 bits per heavy atom. The Hall–Kier alpha value is -1.84. The van der Waals surface area contributed by atoms with Crippen LogP contribution in [0.3, 0.4) is 0 Å². The van der Waals surface area contributed by atoms with Crippen LogP contribution < -0.4 is 4.74 Å². The van der Waals surface area contributed by atoms with Gasteiger partial charge >= 0.3 is 5.97 Å². The average molecular weight is 248 g/mol. The molecule has 0 bridgehead atoms. The summed E-state index contributed by atoms with van der Waals surface area (Å²) in [5, 5.41) is 0. The van der Waals surface area contributed by atoms with E-state index >= 15 is 0 Å². The van der Waals surface area contributed by atoms with Crippen molar-refractivity contribution < 1.29 is 19.1 Å². The number of para-hydroxylation sites is 1. The number of rotatable bonds is 5. The second kappa shape index (κ2) is 5.67. The zero-order valence-electron chi connectivity index (χ0n) is 10.3. The summed E-state index contributed by atoms with van der Waals surface area (Å²) in [6.07, 6.45) is 3.32. The molecule has 0 unspecified atom stereocenters. The lowest BCUT2D eigenvalue weighted by molar-refractivity contribution is -0.137. The first kappa shape index (κ1) is 12.6. The fourth-order valence-corrected chi connectivity index (χ4v) is 1.73. The zero-order chi connectivity index (χ0) is 13.0. The van der Waals surface area contributed by atoms with Crippen molar-refractivity contribution in [3.05, 3.63) is 29.8 Å². The molecule has 18 heavy (non-hydrogen) atoms. The van der Waals surface area contributed by atoms with Crippen LogP contribution in [0.4, 0.5) is 0 Å². The first-order valence-electron chi connectivity index (χ1n) is 6.19. The minimum absolute atomic E-state index is 0.168. The van der Waals surface area contributed by atoms with E-state index in [1.165, 1.54) is 0 Å². The zero-order valence-corrected chi connectivity index (χ0v) is 10.3. The normalized spacial score (nSPS) is 14.7. The van der Waals surface area contributed by atoms with E-state index in [0.717, 1.165) is 19.3 Å². The highest BCUT2D eigenvalue weighted by Gasteiger charge is 2.25. The van der Waals surface area contributed by atoms with Gasteiger partial charge in [0, 0.05) is 0 Å². The van der Waals surface area contributed by atoms with Crippen molar-refractivity contribution in [3.8, 4) is 5.75 Å². The van der Waals surface area contributed by atoms with Crippen molar-refractivity contribution >= 4 is 11.8 Å². The predicted molar refractivity (Wildman–Crippen MR) is 65.7 cm³/mol. The summed E-state index contributed by atoms with van der Waals surface area (Å²) in [5.41, 5.74) is 0.280. The van der Waals surface area contributed by atoms with E-state index in [1.54, 1.807) is 31.2 Å². The van der Waals surface area contributed by atoms with E-state index in [4.69, 9.17) is 9.47 Å². The molecule has 0 saturated heterocycles. The molecule has 1 fully saturated rings. The summed E-state index contributed by atoms with van der Waals surface area (Å²) in [7, 11) is 0. The predicted octanol–water partition coefficient (Wildman–Crippen LogP) is 2.36. The number of ketones is 1. The Bertz CT molecular complexity index is 449. The molecule has 0 heterocycles. The molecule has 1 saturated carbocycles. The molecule has 0 radical (unpaired) electrons. The SMILES string of the molecule is CCOC(=O)C(=O)c1ccccc1OC1CCC1. The van der Waals surface area contributed by atoms with Gasteiger partial charge in [0.1, 0.15) is 5.75 Å². The van der Waals surface area contributed by atoms with E-state index in [9.17, 15) is 9.59 Å². The molecule has 1 aromatic rings. The molecule has 0 N–H and O–H groups in total. The topological polar surface area (TPSA) is 52.6 Å². The molecule has 1 aliphatic rings. The third-order valence-electron chi connectivity index (χ3n) is 2.94. The van der Waals surface area contributed by atoms with Crippen LogP contribution in [0, 0.1) is 0 Å². The molecule has 0 amide bonds. The van der Waals surface area contributed by atoms with Gasteiger partial charge in [-0.1, -0.05) is 12.1 Å². The molecule has 0 aromatic heterocycles. The maximum absolute atomic E-state index is 11.9. The number of ether oxygens (including phenoxy) is 2. The van der Waals surface area contributed by atoms with Gasteiger partial charge < -0.3 is 9.47 Å². The van der Waals surface area contributed by atoms with Crippen LogP contribution in [0.25, 0.3) is 0 Å². The minimum Gasteiger partial charge on any atom is -0.490 e.